The number of hydrogen-bond donors (Lipinski definition) is 3. The summed E-state index contributed by atoms with van der Waals surface area (Å²) in [5.74, 6) is -3.66. The zero-order valence-corrected chi connectivity index (χ0v) is 10.6. The van der Waals surface area contributed by atoms with Crippen LogP contribution in [-0.4, -0.2) is 58.9 Å². The van der Waals surface area contributed by atoms with Crippen LogP contribution in [0.15, 0.2) is 0 Å². The highest BCUT2D eigenvalue weighted by Gasteiger charge is 2.39. The van der Waals surface area contributed by atoms with Crippen LogP contribution in [0, 0.1) is 0 Å². The first-order valence-corrected chi connectivity index (χ1v) is 5.30. The third kappa shape index (κ3) is 6.74. The number of rotatable bonds is 6. The summed E-state index contributed by atoms with van der Waals surface area (Å²) < 4.78 is 13.1. The number of aliphatic hydroxyl groups excluding tert-OH is 3. The molecule has 3 atom stereocenters. The molecule has 0 radical (unpaired) electrons. The van der Waals surface area contributed by atoms with Gasteiger partial charge in [-0.3, -0.25) is 14.4 Å². The SMILES string of the molecule is CC(O)C(=O)OB(OC(=O)C(C)O)OC(=O)C(C)O. The van der Waals surface area contributed by atoms with Crippen molar-refractivity contribution in [2.45, 2.75) is 39.1 Å². The van der Waals surface area contributed by atoms with Gasteiger partial charge in [0.2, 0.25) is 0 Å². The normalized spacial score (nSPS) is 14.8. The fourth-order valence-corrected chi connectivity index (χ4v) is 0.652. The lowest BCUT2D eigenvalue weighted by Gasteiger charge is -2.15. The number of carbonyl (C=O) groups is 3. The molecule has 19 heavy (non-hydrogen) atoms. The van der Waals surface area contributed by atoms with Crippen molar-refractivity contribution in [1.82, 2.24) is 0 Å². The molecule has 3 unspecified atom stereocenters. The molecule has 0 aromatic rings. The Morgan fingerprint density at radius 1 is 0.737 bits per heavy atom. The Hall–Kier alpha value is -1.65. The minimum atomic E-state index is -2.11. The fourth-order valence-electron chi connectivity index (χ4n) is 0.652. The van der Waals surface area contributed by atoms with Gasteiger partial charge in [-0.2, -0.15) is 0 Å². The second-order valence-electron chi connectivity index (χ2n) is 3.63. The molecule has 3 N–H and O–H groups in total. The molecule has 0 heterocycles. The lowest BCUT2D eigenvalue weighted by molar-refractivity contribution is -0.157. The van der Waals surface area contributed by atoms with Crippen LogP contribution < -0.4 is 0 Å². The Bertz CT molecular complexity index is 286. The Morgan fingerprint density at radius 3 is 1.11 bits per heavy atom. The van der Waals surface area contributed by atoms with Gasteiger partial charge in [-0.15, -0.1) is 0 Å². The van der Waals surface area contributed by atoms with E-state index in [0.29, 0.717) is 0 Å². The van der Waals surface area contributed by atoms with Crippen LogP contribution in [0.1, 0.15) is 20.8 Å². The highest BCUT2D eigenvalue weighted by atomic mass is 16.8. The maximum absolute atomic E-state index is 11.1. The van der Waals surface area contributed by atoms with E-state index in [1.165, 1.54) is 0 Å². The summed E-state index contributed by atoms with van der Waals surface area (Å²) >= 11 is 0. The number of hydrogen-bond acceptors (Lipinski definition) is 9. The van der Waals surface area contributed by atoms with Crippen LogP contribution >= 0.6 is 0 Å². The molecule has 0 aliphatic rings. The predicted octanol–water partition coefficient (Wildman–Crippen LogP) is -2.26. The molecular formula is C9H15BO9. The molecule has 0 spiro atoms. The second-order valence-corrected chi connectivity index (χ2v) is 3.63. The van der Waals surface area contributed by atoms with Crippen molar-refractivity contribution in [2.24, 2.45) is 0 Å². The van der Waals surface area contributed by atoms with E-state index in [4.69, 9.17) is 15.3 Å². The van der Waals surface area contributed by atoms with Crippen LogP contribution in [0.3, 0.4) is 0 Å². The summed E-state index contributed by atoms with van der Waals surface area (Å²) in [6, 6.07) is 0. The van der Waals surface area contributed by atoms with Crippen LogP contribution in [0.4, 0.5) is 0 Å². The van der Waals surface area contributed by atoms with E-state index in [-0.39, 0.29) is 0 Å². The minimum absolute atomic E-state index is 1.08. The quantitative estimate of drug-likeness (QED) is 0.459. The molecule has 108 valence electrons. The third-order valence-electron chi connectivity index (χ3n) is 1.66. The lowest BCUT2D eigenvalue weighted by atomic mass is 10.2. The minimum Gasteiger partial charge on any atom is -0.460 e. The van der Waals surface area contributed by atoms with Crippen molar-refractivity contribution in [3.05, 3.63) is 0 Å². The van der Waals surface area contributed by atoms with Crippen LogP contribution in [0.2, 0.25) is 0 Å². The number of aliphatic hydroxyl groups is 3. The molecule has 0 amide bonds. The molecule has 0 aromatic heterocycles. The predicted molar refractivity (Wildman–Crippen MR) is 59.1 cm³/mol. The van der Waals surface area contributed by atoms with Crippen molar-refractivity contribution in [2.75, 3.05) is 0 Å². The van der Waals surface area contributed by atoms with Gasteiger partial charge in [0.15, 0.2) is 0 Å². The van der Waals surface area contributed by atoms with E-state index in [2.05, 4.69) is 14.0 Å². The van der Waals surface area contributed by atoms with Crippen molar-refractivity contribution < 1.29 is 43.7 Å². The van der Waals surface area contributed by atoms with Gasteiger partial charge in [0.25, 0.3) is 0 Å². The Balaban J connectivity index is 4.68. The lowest BCUT2D eigenvalue weighted by Crippen LogP contribution is -2.41. The molecule has 10 heteroatoms. The van der Waals surface area contributed by atoms with Crippen molar-refractivity contribution in [3.8, 4) is 0 Å². The first-order valence-electron chi connectivity index (χ1n) is 5.30. The monoisotopic (exact) mass is 278 g/mol. The fraction of sp³-hybridized carbons (Fsp3) is 0.667. The molecule has 0 aliphatic heterocycles. The average molecular weight is 278 g/mol. The maximum atomic E-state index is 11.1. The summed E-state index contributed by atoms with van der Waals surface area (Å²) in [6.45, 7) is 3.23. The molecular weight excluding hydrogens is 263 g/mol. The van der Waals surface area contributed by atoms with Gasteiger partial charge in [-0.1, -0.05) is 0 Å². The highest BCUT2D eigenvalue weighted by Crippen LogP contribution is 2.01. The summed E-state index contributed by atoms with van der Waals surface area (Å²) in [5, 5.41) is 26.7. The van der Waals surface area contributed by atoms with E-state index in [1.807, 2.05) is 0 Å². The maximum Gasteiger partial charge on any atom is 0.870 e. The van der Waals surface area contributed by atoms with Crippen LogP contribution in [0.5, 0.6) is 0 Å². The van der Waals surface area contributed by atoms with E-state index in [0.717, 1.165) is 20.8 Å². The van der Waals surface area contributed by atoms with Gasteiger partial charge in [-0.05, 0) is 20.8 Å². The van der Waals surface area contributed by atoms with Gasteiger partial charge in [-0.25, -0.2) is 0 Å². The zero-order valence-electron chi connectivity index (χ0n) is 10.6. The zero-order chi connectivity index (χ0) is 15.2. The molecule has 0 aromatic carbocycles. The van der Waals surface area contributed by atoms with Crippen molar-refractivity contribution in [1.29, 1.82) is 0 Å². The molecule has 0 aliphatic carbocycles. The van der Waals surface area contributed by atoms with E-state index in [9.17, 15) is 14.4 Å². The largest absolute Gasteiger partial charge is 0.870 e. The molecule has 9 nitrogen and oxygen atoms in total. The Kier molecular flexibility index (Phi) is 7.05. The van der Waals surface area contributed by atoms with Gasteiger partial charge < -0.3 is 29.3 Å². The third-order valence-corrected chi connectivity index (χ3v) is 1.66. The van der Waals surface area contributed by atoms with E-state index in [1.54, 1.807) is 0 Å². The summed E-state index contributed by atoms with van der Waals surface area (Å²) in [5.41, 5.74) is 0. The van der Waals surface area contributed by atoms with Gasteiger partial charge in [0.05, 0.1) is 0 Å². The topological polar surface area (TPSA) is 140 Å². The number of carbonyl (C=O) groups excluding carboxylic acids is 3. The highest BCUT2D eigenvalue weighted by molar-refractivity contribution is 6.44. The van der Waals surface area contributed by atoms with Gasteiger partial charge >= 0.3 is 25.2 Å². The summed E-state index contributed by atoms with van der Waals surface area (Å²) in [7, 11) is -2.11. The first kappa shape index (κ1) is 17.4. The summed E-state index contributed by atoms with van der Waals surface area (Å²) in [4.78, 5) is 33.2. The van der Waals surface area contributed by atoms with E-state index >= 15 is 0 Å². The van der Waals surface area contributed by atoms with Crippen molar-refractivity contribution in [3.63, 3.8) is 0 Å². The Labute approximate surface area is 109 Å². The molecule has 0 bridgehead atoms. The first-order chi connectivity index (χ1) is 8.65. The molecule has 0 saturated carbocycles. The van der Waals surface area contributed by atoms with E-state index < -0.39 is 43.5 Å². The van der Waals surface area contributed by atoms with Crippen LogP contribution in [-0.2, 0) is 28.3 Å². The Morgan fingerprint density at radius 2 is 0.947 bits per heavy atom. The smallest absolute Gasteiger partial charge is 0.460 e. The standard InChI is InChI=1S/C9H15BO9/c1-4(11)7(14)17-10(18-8(15)5(2)12)19-9(16)6(3)13/h4-6,11-13H,1-3H3. The molecule has 0 rings (SSSR count). The van der Waals surface area contributed by atoms with Gasteiger partial charge in [0.1, 0.15) is 18.3 Å². The van der Waals surface area contributed by atoms with Crippen molar-refractivity contribution >= 4 is 25.2 Å². The summed E-state index contributed by atoms with van der Waals surface area (Å²) in [6.07, 6.45) is -4.63. The second kappa shape index (κ2) is 7.72. The molecule has 0 fully saturated rings. The molecule has 0 saturated heterocycles. The van der Waals surface area contributed by atoms with Crippen LogP contribution in [0.25, 0.3) is 0 Å². The van der Waals surface area contributed by atoms with Gasteiger partial charge in [0, 0.05) is 0 Å². The average Bonchev–Trinajstić information content (AvgIpc) is 2.27.